The summed E-state index contributed by atoms with van der Waals surface area (Å²) in [5.74, 6) is -1.70. The second kappa shape index (κ2) is 7.93. The van der Waals surface area contributed by atoms with E-state index < -0.39 is 17.5 Å². The maximum Gasteiger partial charge on any atom is 0.151 e. The molecule has 0 radical (unpaired) electrons. The fourth-order valence-electron chi connectivity index (χ4n) is 2.57. The number of nitrogens with zero attached hydrogens (tertiary/aromatic N) is 3. The van der Waals surface area contributed by atoms with Crippen LogP contribution in [-0.2, 0) is 7.05 Å². The van der Waals surface area contributed by atoms with Crippen molar-refractivity contribution in [1.29, 1.82) is 5.26 Å². The largest absolute Gasteiger partial charge is 0.336 e. The first-order chi connectivity index (χ1) is 12.4. The van der Waals surface area contributed by atoms with Crippen LogP contribution in [0, 0.1) is 36.2 Å². The first-order valence-electron chi connectivity index (χ1n) is 7.34. The highest BCUT2D eigenvalue weighted by Gasteiger charge is 2.20. The van der Waals surface area contributed by atoms with E-state index in [1.54, 1.807) is 32.2 Å². The van der Waals surface area contributed by atoms with Crippen LogP contribution < -0.4 is 5.32 Å². The predicted molar refractivity (Wildman–Crippen MR) is 94.7 cm³/mol. The van der Waals surface area contributed by atoms with Gasteiger partial charge in [-0.25, -0.2) is 18.4 Å². The van der Waals surface area contributed by atoms with Crippen molar-refractivity contribution < 1.29 is 13.2 Å². The molecule has 0 spiro atoms. The molecule has 1 N–H and O–H groups in total. The molecule has 0 unspecified atom stereocenters. The molecule has 0 atom stereocenters. The Bertz CT molecular complexity index is 943. The van der Waals surface area contributed by atoms with E-state index in [1.165, 1.54) is 10.7 Å². The van der Waals surface area contributed by atoms with E-state index in [0.29, 0.717) is 22.6 Å². The lowest BCUT2D eigenvalue weighted by molar-refractivity contribution is 0.586. The zero-order chi connectivity index (χ0) is 19.4. The highest BCUT2D eigenvalue weighted by Crippen LogP contribution is 2.37. The monoisotopic (exact) mass is 378 g/mol. The quantitative estimate of drug-likeness (QED) is 0.668. The molecule has 8 heteroatoms. The lowest BCUT2D eigenvalue weighted by atomic mass is 10.0. The van der Waals surface area contributed by atoms with Crippen molar-refractivity contribution in [2.24, 2.45) is 7.05 Å². The van der Waals surface area contributed by atoms with Crippen LogP contribution in [0.3, 0.4) is 0 Å². The average Bonchev–Trinajstić information content (AvgIpc) is 2.86. The van der Waals surface area contributed by atoms with Crippen molar-refractivity contribution in [3.8, 4) is 17.7 Å². The Morgan fingerprint density at radius 2 is 1.77 bits per heavy atom. The molecule has 0 aliphatic rings. The van der Waals surface area contributed by atoms with Gasteiger partial charge in [0.25, 0.3) is 0 Å². The minimum atomic E-state index is -0.849. The molecule has 0 aliphatic carbocycles. The molecule has 1 aromatic heterocycles. The molecule has 0 saturated heterocycles. The summed E-state index contributed by atoms with van der Waals surface area (Å²) in [6.45, 7) is 5.22. The topological polar surface area (TPSA) is 53.6 Å². The molecule has 0 aliphatic heterocycles. The normalized spacial score (nSPS) is 10.2. The molecule has 1 heterocycles. The number of halogens is 4. The molecular weight excluding hydrogens is 365 g/mol. The number of aryl methyl sites for hydroxylation is 2. The Kier molecular flexibility index (Phi) is 5.90. The highest BCUT2D eigenvalue weighted by atomic mass is 35.5. The maximum atomic E-state index is 14.2. The third-order valence-electron chi connectivity index (χ3n) is 3.62. The van der Waals surface area contributed by atoms with Crippen LogP contribution in [0.2, 0.25) is 5.02 Å². The molecule has 3 rings (SSSR count). The van der Waals surface area contributed by atoms with Crippen LogP contribution in [0.1, 0.15) is 5.69 Å². The van der Waals surface area contributed by atoms with Gasteiger partial charge in [0.2, 0.25) is 0 Å². The standard InChI is InChI=1S/C17H13ClF3N3.CHN/c1-9-15(11-5-3-4-6-13(11)20)17(24(2)23-9)22-16-12(18)7-10(19)8-14(16)21;1-2/h3-8,22H,1-2H3;1H. The summed E-state index contributed by atoms with van der Waals surface area (Å²) in [4.78, 5) is 0. The first-order valence-corrected chi connectivity index (χ1v) is 7.72. The van der Waals surface area contributed by atoms with Gasteiger partial charge in [0.05, 0.1) is 22.0 Å². The summed E-state index contributed by atoms with van der Waals surface area (Å²) < 4.78 is 42.9. The second-order valence-electron chi connectivity index (χ2n) is 5.28. The van der Waals surface area contributed by atoms with E-state index >= 15 is 0 Å². The molecule has 4 nitrogen and oxygen atoms in total. The lowest BCUT2D eigenvalue weighted by Crippen LogP contribution is -2.03. The van der Waals surface area contributed by atoms with Crippen LogP contribution in [0.15, 0.2) is 36.4 Å². The number of anilines is 2. The van der Waals surface area contributed by atoms with Crippen molar-refractivity contribution in [3.05, 3.63) is 64.6 Å². The van der Waals surface area contributed by atoms with Crippen LogP contribution in [-0.4, -0.2) is 9.78 Å². The average molecular weight is 379 g/mol. The zero-order valence-corrected chi connectivity index (χ0v) is 14.7. The van der Waals surface area contributed by atoms with Crippen LogP contribution in [0.4, 0.5) is 24.7 Å². The Labute approximate surface area is 153 Å². The van der Waals surface area contributed by atoms with Crippen LogP contribution in [0.5, 0.6) is 0 Å². The van der Waals surface area contributed by atoms with Crippen molar-refractivity contribution in [2.75, 3.05) is 5.32 Å². The smallest absolute Gasteiger partial charge is 0.151 e. The summed E-state index contributed by atoms with van der Waals surface area (Å²) >= 11 is 5.93. The molecule has 2 aromatic carbocycles. The summed E-state index contributed by atoms with van der Waals surface area (Å²) in [6.07, 6.45) is 0. The van der Waals surface area contributed by atoms with Gasteiger partial charge in [-0.2, -0.15) is 5.10 Å². The van der Waals surface area contributed by atoms with Crippen molar-refractivity contribution in [3.63, 3.8) is 0 Å². The Hall–Kier alpha value is -2.98. The predicted octanol–water partition coefficient (Wildman–Crippen LogP) is 5.35. The van der Waals surface area contributed by atoms with Gasteiger partial charge in [-0.1, -0.05) is 29.8 Å². The van der Waals surface area contributed by atoms with Gasteiger partial charge < -0.3 is 5.32 Å². The minimum Gasteiger partial charge on any atom is -0.336 e. The van der Waals surface area contributed by atoms with Crippen molar-refractivity contribution in [1.82, 2.24) is 9.78 Å². The van der Waals surface area contributed by atoms with Gasteiger partial charge >= 0.3 is 0 Å². The van der Waals surface area contributed by atoms with Gasteiger partial charge in [0.15, 0.2) is 5.82 Å². The fraction of sp³-hybridized carbons (Fsp3) is 0.111. The van der Waals surface area contributed by atoms with Crippen LogP contribution in [0.25, 0.3) is 11.1 Å². The van der Waals surface area contributed by atoms with Crippen molar-refractivity contribution in [2.45, 2.75) is 6.92 Å². The first kappa shape index (κ1) is 19.3. The molecule has 3 aromatic rings. The Balaban J connectivity index is 0.00000117. The van der Waals surface area contributed by atoms with Crippen molar-refractivity contribution >= 4 is 23.1 Å². The van der Waals surface area contributed by atoms with Crippen LogP contribution >= 0.6 is 11.6 Å². The van der Waals surface area contributed by atoms with E-state index in [1.807, 2.05) is 0 Å². The summed E-state index contributed by atoms with van der Waals surface area (Å²) in [6, 6.07) is 7.93. The zero-order valence-electron chi connectivity index (χ0n) is 13.9. The van der Waals surface area contributed by atoms with E-state index in [9.17, 15) is 13.2 Å². The maximum absolute atomic E-state index is 14.2. The molecule has 0 amide bonds. The van der Waals surface area contributed by atoms with E-state index in [-0.39, 0.29) is 10.7 Å². The molecule has 0 bridgehead atoms. The Morgan fingerprint density at radius 1 is 1.12 bits per heavy atom. The van der Waals surface area contributed by atoms with Gasteiger partial charge in [-0.15, -0.1) is 0 Å². The number of hydrogen-bond acceptors (Lipinski definition) is 3. The van der Waals surface area contributed by atoms with Gasteiger partial charge in [0.1, 0.15) is 17.5 Å². The SMILES string of the molecule is C#N.Cc1nn(C)c(Nc2c(F)cc(F)cc2Cl)c1-c1ccccc1F. The third-order valence-corrected chi connectivity index (χ3v) is 3.91. The number of hydrogen-bond donors (Lipinski definition) is 1. The number of benzene rings is 2. The summed E-state index contributed by atoms with van der Waals surface area (Å²) in [7, 11) is 1.63. The molecular formula is C18H14ClF3N4. The molecule has 0 fully saturated rings. The number of aromatic nitrogens is 2. The lowest BCUT2D eigenvalue weighted by Gasteiger charge is -2.13. The number of nitrogens with one attached hydrogen (secondary N) is 1. The minimum absolute atomic E-state index is 0.0985. The van der Waals surface area contributed by atoms with Gasteiger partial charge in [-0.05, 0) is 19.1 Å². The second-order valence-corrected chi connectivity index (χ2v) is 5.69. The number of nitriles is 1. The molecule has 26 heavy (non-hydrogen) atoms. The Morgan fingerprint density at radius 3 is 2.38 bits per heavy atom. The van der Waals surface area contributed by atoms with E-state index in [4.69, 9.17) is 16.9 Å². The van der Waals surface area contributed by atoms with Gasteiger partial charge in [0, 0.05) is 25.2 Å². The fourth-order valence-corrected chi connectivity index (χ4v) is 2.81. The van der Waals surface area contributed by atoms with E-state index in [0.717, 1.165) is 12.1 Å². The van der Waals surface area contributed by atoms with E-state index in [2.05, 4.69) is 17.0 Å². The third kappa shape index (κ3) is 3.65. The molecule has 134 valence electrons. The van der Waals surface area contributed by atoms with Gasteiger partial charge in [-0.3, -0.25) is 4.68 Å². The highest BCUT2D eigenvalue weighted by molar-refractivity contribution is 6.33. The molecule has 0 saturated carbocycles. The summed E-state index contributed by atoms with van der Waals surface area (Å²) in [5, 5.41) is 13.4. The number of rotatable bonds is 3. The summed E-state index contributed by atoms with van der Waals surface area (Å²) in [5.41, 5.74) is 1.27.